The highest BCUT2D eigenvalue weighted by Crippen LogP contribution is 2.38. The van der Waals surface area contributed by atoms with Crippen molar-refractivity contribution in [3.63, 3.8) is 0 Å². The Balaban J connectivity index is 1.54. The first-order chi connectivity index (χ1) is 13.6. The average Bonchev–Trinajstić information content (AvgIpc) is 3.08. The molecule has 2 aromatic rings. The molecule has 0 radical (unpaired) electrons. The summed E-state index contributed by atoms with van der Waals surface area (Å²) in [6.45, 7) is 2.56. The van der Waals surface area contributed by atoms with Crippen molar-refractivity contribution in [1.82, 2.24) is 9.80 Å². The number of hydrogen-bond donors (Lipinski definition) is 1. The zero-order valence-electron chi connectivity index (χ0n) is 16.0. The summed E-state index contributed by atoms with van der Waals surface area (Å²) in [5.74, 6) is -0.0442. The van der Waals surface area contributed by atoms with E-state index in [1.807, 2.05) is 48.5 Å². The molecule has 0 unspecified atom stereocenters. The van der Waals surface area contributed by atoms with Crippen LogP contribution in [0.2, 0.25) is 0 Å². The molecule has 0 spiro atoms. The van der Waals surface area contributed by atoms with Crippen LogP contribution in [0.15, 0.2) is 60.7 Å². The molecule has 2 aliphatic rings. The van der Waals surface area contributed by atoms with E-state index in [4.69, 9.17) is 0 Å². The van der Waals surface area contributed by atoms with Gasteiger partial charge in [0.2, 0.25) is 5.91 Å². The number of nitrogens with zero attached hydrogens (tertiary/aromatic N) is 2. The van der Waals surface area contributed by atoms with Crippen molar-refractivity contribution < 1.29 is 14.3 Å². The van der Waals surface area contributed by atoms with E-state index >= 15 is 0 Å². The van der Waals surface area contributed by atoms with Crippen molar-refractivity contribution in [3.05, 3.63) is 71.8 Å². The van der Waals surface area contributed by atoms with Crippen LogP contribution in [0.5, 0.6) is 0 Å². The Morgan fingerprint density at radius 1 is 1.00 bits per heavy atom. The number of alkyl halides is 1. The van der Waals surface area contributed by atoms with Crippen LogP contribution in [0.3, 0.4) is 0 Å². The van der Waals surface area contributed by atoms with E-state index in [1.54, 1.807) is 0 Å². The number of aliphatic hydroxyl groups is 1. The molecular formula is C23H27FN2O2. The second-order valence-electron chi connectivity index (χ2n) is 8.00. The van der Waals surface area contributed by atoms with Gasteiger partial charge in [0, 0.05) is 13.1 Å². The summed E-state index contributed by atoms with van der Waals surface area (Å²) < 4.78 is 13.9. The number of carbonyl (C=O) groups excluding carboxylic acids is 1. The molecule has 2 aliphatic heterocycles. The molecule has 2 saturated heterocycles. The highest BCUT2D eigenvalue weighted by Gasteiger charge is 2.47. The van der Waals surface area contributed by atoms with Crippen molar-refractivity contribution >= 4 is 5.91 Å². The maximum atomic E-state index is 13.9. The lowest BCUT2D eigenvalue weighted by Crippen LogP contribution is -2.52. The van der Waals surface area contributed by atoms with E-state index in [0.29, 0.717) is 12.8 Å². The van der Waals surface area contributed by atoms with Gasteiger partial charge in [0.05, 0.1) is 12.0 Å². The third-order valence-corrected chi connectivity index (χ3v) is 6.20. The van der Waals surface area contributed by atoms with Gasteiger partial charge in [0.1, 0.15) is 12.3 Å². The Hall–Kier alpha value is -2.24. The van der Waals surface area contributed by atoms with E-state index < -0.39 is 17.7 Å². The number of rotatable bonds is 4. The second kappa shape index (κ2) is 8.02. The standard InChI is InChI=1S/C23H27FN2O2/c24-20-16-26(17-21(20)27)22(28)23(19-9-5-2-6-10-19)11-13-25(14-12-23)15-18-7-3-1-4-8-18/h1-10,20-21,27H,11-17H2/t20-,21-/m1/s1. The summed E-state index contributed by atoms with van der Waals surface area (Å²) in [5.41, 5.74) is 1.62. The van der Waals surface area contributed by atoms with Crippen LogP contribution in [-0.2, 0) is 16.8 Å². The maximum absolute atomic E-state index is 13.9. The minimum atomic E-state index is -1.35. The Bertz CT molecular complexity index is 781. The first-order valence-corrected chi connectivity index (χ1v) is 10.0. The van der Waals surface area contributed by atoms with Crippen LogP contribution in [0.25, 0.3) is 0 Å². The number of likely N-dealkylation sites (tertiary alicyclic amines) is 2. The van der Waals surface area contributed by atoms with Crippen molar-refractivity contribution in [2.24, 2.45) is 0 Å². The molecule has 0 aliphatic carbocycles. The number of benzene rings is 2. The van der Waals surface area contributed by atoms with Crippen LogP contribution in [0.4, 0.5) is 4.39 Å². The summed E-state index contributed by atoms with van der Waals surface area (Å²) in [4.78, 5) is 17.4. The van der Waals surface area contributed by atoms with Crippen molar-refractivity contribution in [3.8, 4) is 0 Å². The van der Waals surface area contributed by atoms with Gasteiger partial charge in [-0.15, -0.1) is 0 Å². The molecule has 4 nitrogen and oxygen atoms in total. The quantitative estimate of drug-likeness (QED) is 0.884. The molecule has 2 heterocycles. The minimum absolute atomic E-state index is 0.0116. The van der Waals surface area contributed by atoms with Gasteiger partial charge in [0.15, 0.2) is 0 Å². The summed E-state index contributed by atoms with van der Waals surface area (Å²) >= 11 is 0. The zero-order valence-corrected chi connectivity index (χ0v) is 16.0. The molecular weight excluding hydrogens is 355 g/mol. The number of β-amino-alcohol motifs (C(OH)–C–C–N with tert-alkyl or cyclic N) is 1. The second-order valence-corrected chi connectivity index (χ2v) is 8.00. The SMILES string of the molecule is O=C(N1C[C@@H](O)[C@H](F)C1)C1(c2ccccc2)CCN(Cc2ccccc2)CC1. The van der Waals surface area contributed by atoms with E-state index in [1.165, 1.54) is 10.5 Å². The molecule has 2 fully saturated rings. The van der Waals surface area contributed by atoms with Crippen LogP contribution in [0.1, 0.15) is 24.0 Å². The summed E-state index contributed by atoms with van der Waals surface area (Å²) in [7, 11) is 0. The van der Waals surface area contributed by atoms with Gasteiger partial charge < -0.3 is 10.0 Å². The van der Waals surface area contributed by atoms with Crippen molar-refractivity contribution in [2.45, 2.75) is 37.1 Å². The molecule has 148 valence electrons. The monoisotopic (exact) mass is 382 g/mol. The normalized spacial score (nSPS) is 25.0. The number of hydrogen-bond acceptors (Lipinski definition) is 3. The smallest absolute Gasteiger partial charge is 0.233 e. The van der Waals surface area contributed by atoms with Crippen LogP contribution in [-0.4, -0.2) is 59.3 Å². The van der Waals surface area contributed by atoms with Gasteiger partial charge in [-0.25, -0.2) is 4.39 Å². The molecule has 0 saturated carbocycles. The molecule has 0 aromatic heterocycles. The molecule has 2 atom stereocenters. The van der Waals surface area contributed by atoms with Crippen molar-refractivity contribution in [1.29, 1.82) is 0 Å². The van der Waals surface area contributed by atoms with Crippen LogP contribution >= 0.6 is 0 Å². The minimum Gasteiger partial charge on any atom is -0.388 e. The van der Waals surface area contributed by atoms with E-state index in [2.05, 4.69) is 17.0 Å². The lowest BCUT2D eigenvalue weighted by Gasteiger charge is -2.43. The number of aliphatic hydroxyl groups excluding tert-OH is 1. The Kier molecular flexibility index (Phi) is 5.47. The molecule has 2 aromatic carbocycles. The number of halogens is 1. The lowest BCUT2D eigenvalue weighted by molar-refractivity contribution is -0.139. The summed E-state index contributed by atoms with van der Waals surface area (Å²) in [6.07, 6.45) is -1.02. The predicted octanol–water partition coefficient (Wildman–Crippen LogP) is 2.76. The summed E-state index contributed by atoms with van der Waals surface area (Å²) in [5, 5.41) is 9.80. The predicted molar refractivity (Wildman–Crippen MR) is 107 cm³/mol. The lowest BCUT2D eigenvalue weighted by atomic mass is 9.71. The van der Waals surface area contributed by atoms with Crippen LogP contribution < -0.4 is 0 Å². The average molecular weight is 382 g/mol. The summed E-state index contributed by atoms with van der Waals surface area (Å²) in [6, 6.07) is 20.2. The highest BCUT2D eigenvalue weighted by molar-refractivity contribution is 5.89. The Morgan fingerprint density at radius 3 is 2.18 bits per heavy atom. The van der Waals surface area contributed by atoms with E-state index in [0.717, 1.165) is 25.2 Å². The zero-order chi connectivity index (χ0) is 19.6. The number of amides is 1. The number of carbonyl (C=O) groups is 1. The topological polar surface area (TPSA) is 43.8 Å². The third-order valence-electron chi connectivity index (χ3n) is 6.20. The molecule has 1 N–H and O–H groups in total. The highest BCUT2D eigenvalue weighted by atomic mass is 19.1. The van der Waals surface area contributed by atoms with E-state index in [-0.39, 0.29) is 19.0 Å². The van der Waals surface area contributed by atoms with Gasteiger partial charge >= 0.3 is 0 Å². The largest absolute Gasteiger partial charge is 0.388 e. The number of piperidine rings is 1. The third kappa shape index (κ3) is 3.69. The van der Waals surface area contributed by atoms with Gasteiger partial charge in [0.25, 0.3) is 0 Å². The fourth-order valence-corrected chi connectivity index (χ4v) is 4.53. The molecule has 1 amide bonds. The molecule has 5 heteroatoms. The maximum Gasteiger partial charge on any atom is 0.233 e. The fourth-order valence-electron chi connectivity index (χ4n) is 4.53. The van der Waals surface area contributed by atoms with Gasteiger partial charge in [-0.1, -0.05) is 60.7 Å². The van der Waals surface area contributed by atoms with Gasteiger partial charge in [-0.3, -0.25) is 9.69 Å². The Morgan fingerprint density at radius 2 is 1.61 bits per heavy atom. The fraction of sp³-hybridized carbons (Fsp3) is 0.435. The first kappa shape index (κ1) is 19.1. The van der Waals surface area contributed by atoms with Gasteiger partial charge in [-0.05, 0) is 37.1 Å². The van der Waals surface area contributed by atoms with Gasteiger partial charge in [-0.2, -0.15) is 0 Å². The molecule has 4 rings (SSSR count). The van der Waals surface area contributed by atoms with Crippen LogP contribution in [0, 0.1) is 0 Å². The Labute approximate surface area is 165 Å². The molecule has 28 heavy (non-hydrogen) atoms. The molecule has 0 bridgehead atoms. The van der Waals surface area contributed by atoms with Crippen molar-refractivity contribution in [2.75, 3.05) is 26.2 Å². The first-order valence-electron chi connectivity index (χ1n) is 10.0. The van der Waals surface area contributed by atoms with E-state index in [9.17, 15) is 14.3 Å².